The molecule has 0 aliphatic heterocycles. The van der Waals surface area contributed by atoms with Crippen molar-refractivity contribution < 1.29 is 14.3 Å². The average Bonchev–Trinajstić information content (AvgIpc) is 3.19. The second-order valence-electron chi connectivity index (χ2n) is 6.44. The molecule has 4 rings (SSSR count). The smallest absolute Gasteiger partial charge is 0.359 e. The number of halogens is 1. The number of nitrogens with zero attached hydrogens (tertiary/aromatic N) is 2. The number of nitrogens with one attached hydrogen (secondary N) is 1. The van der Waals surface area contributed by atoms with Gasteiger partial charge in [-0.15, -0.1) is 11.3 Å². The third kappa shape index (κ3) is 4.14. The number of thiophene rings is 1. The van der Waals surface area contributed by atoms with E-state index in [1.807, 2.05) is 6.07 Å². The molecular weight excluding hydrogens is 482 g/mol. The molecule has 2 aromatic carbocycles. The Balaban J connectivity index is 1.87. The lowest BCUT2D eigenvalue weighted by molar-refractivity contribution is 0.0520. The van der Waals surface area contributed by atoms with Crippen molar-refractivity contribution >= 4 is 54.9 Å². The molecule has 2 aromatic heterocycles. The Labute approximate surface area is 189 Å². The SMILES string of the molecule is CCOC(=O)c1nn(-c2ccccc2)c(=O)c2c(NC(=O)c3ccc(Br)cc3)scc12. The summed E-state index contributed by atoms with van der Waals surface area (Å²) >= 11 is 4.49. The van der Waals surface area contributed by atoms with Crippen LogP contribution in [0.25, 0.3) is 16.5 Å². The van der Waals surface area contributed by atoms with Crippen LogP contribution in [0.2, 0.25) is 0 Å². The summed E-state index contributed by atoms with van der Waals surface area (Å²) in [6, 6.07) is 15.6. The van der Waals surface area contributed by atoms with E-state index < -0.39 is 11.5 Å². The summed E-state index contributed by atoms with van der Waals surface area (Å²) in [5.74, 6) is -1.00. The first-order chi connectivity index (χ1) is 15.0. The molecule has 0 fully saturated rings. The van der Waals surface area contributed by atoms with Gasteiger partial charge in [0.25, 0.3) is 11.5 Å². The largest absolute Gasteiger partial charge is 0.461 e. The lowest BCUT2D eigenvalue weighted by Gasteiger charge is -2.10. The number of esters is 1. The Morgan fingerprint density at radius 1 is 1.13 bits per heavy atom. The van der Waals surface area contributed by atoms with E-state index in [4.69, 9.17) is 4.74 Å². The first kappa shape index (κ1) is 21.0. The number of hydrogen-bond donors (Lipinski definition) is 1. The van der Waals surface area contributed by atoms with Crippen LogP contribution in [0.15, 0.2) is 69.2 Å². The van der Waals surface area contributed by atoms with Gasteiger partial charge in [-0.1, -0.05) is 34.1 Å². The number of benzene rings is 2. The average molecular weight is 498 g/mol. The molecule has 0 saturated carbocycles. The molecule has 0 spiro atoms. The maximum absolute atomic E-state index is 13.3. The number of rotatable bonds is 5. The molecule has 9 heteroatoms. The normalized spacial score (nSPS) is 10.8. The molecule has 156 valence electrons. The van der Waals surface area contributed by atoms with Crippen LogP contribution in [0, 0.1) is 0 Å². The van der Waals surface area contributed by atoms with Gasteiger partial charge in [0, 0.05) is 20.8 Å². The van der Waals surface area contributed by atoms with E-state index in [1.54, 1.807) is 60.8 Å². The van der Waals surface area contributed by atoms with Crippen LogP contribution in [-0.2, 0) is 4.74 Å². The summed E-state index contributed by atoms with van der Waals surface area (Å²) in [5.41, 5.74) is 0.506. The minimum Gasteiger partial charge on any atom is -0.461 e. The summed E-state index contributed by atoms with van der Waals surface area (Å²) in [7, 11) is 0. The Bertz CT molecular complexity index is 1330. The van der Waals surface area contributed by atoms with Crippen molar-refractivity contribution in [2.24, 2.45) is 0 Å². The first-order valence-electron chi connectivity index (χ1n) is 9.33. The molecule has 0 unspecified atom stereocenters. The van der Waals surface area contributed by atoms with E-state index in [9.17, 15) is 14.4 Å². The number of carbonyl (C=O) groups excluding carboxylic acids is 2. The second kappa shape index (κ2) is 8.83. The van der Waals surface area contributed by atoms with Crippen LogP contribution in [0.1, 0.15) is 27.8 Å². The highest BCUT2D eigenvalue weighted by atomic mass is 79.9. The Morgan fingerprint density at radius 2 is 1.84 bits per heavy atom. The standard InChI is InChI=1S/C22H16BrN3O4S/c1-2-30-22(29)18-16-12-31-20(24-19(27)13-8-10-14(23)11-9-13)17(16)21(28)26(25-18)15-6-4-3-5-7-15/h3-12H,2H2,1H3,(H,24,27). The molecule has 31 heavy (non-hydrogen) atoms. The Morgan fingerprint density at radius 3 is 2.52 bits per heavy atom. The maximum atomic E-state index is 13.3. The quantitative estimate of drug-likeness (QED) is 0.405. The van der Waals surface area contributed by atoms with Crippen molar-refractivity contribution in [1.29, 1.82) is 0 Å². The van der Waals surface area contributed by atoms with Crippen LogP contribution in [0.4, 0.5) is 5.00 Å². The molecular formula is C22H16BrN3O4S. The van der Waals surface area contributed by atoms with E-state index in [1.165, 1.54) is 0 Å². The van der Waals surface area contributed by atoms with Crippen LogP contribution in [-0.4, -0.2) is 28.3 Å². The number of ether oxygens (including phenoxy) is 1. The summed E-state index contributed by atoms with van der Waals surface area (Å²) in [6.07, 6.45) is 0. The minimum absolute atomic E-state index is 0.0145. The summed E-state index contributed by atoms with van der Waals surface area (Å²) in [6.45, 7) is 1.86. The Hall–Kier alpha value is -3.30. The summed E-state index contributed by atoms with van der Waals surface area (Å²) in [5, 5.41) is 9.57. The Kier molecular flexibility index (Phi) is 5.97. The van der Waals surface area contributed by atoms with Gasteiger partial charge in [-0.05, 0) is 43.3 Å². The van der Waals surface area contributed by atoms with Gasteiger partial charge in [0.2, 0.25) is 0 Å². The number of amides is 1. The second-order valence-corrected chi connectivity index (χ2v) is 8.23. The van der Waals surface area contributed by atoms with Gasteiger partial charge in [-0.25, -0.2) is 4.79 Å². The minimum atomic E-state index is -0.638. The van der Waals surface area contributed by atoms with E-state index in [0.29, 0.717) is 21.6 Å². The fraction of sp³-hybridized carbons (Fsp3) is 0.0909. The van der Waals surface area contributed by atoms with Crippen molar-refractivity contribution in [3.63, 3.8) is 0 Å². The number of hydrogen-bond acceptors (Lipinski definition) is 6. The predicted octanol–water partition coefficient (Wildman–Crippen LogP) is 4.64. The molecule has 1 amide bonds. The van der Waals surface area contributed by atoms with E-state index in [-0.39, 0.29) is 23.6 Å². The number of carbonyl (C=O) groups is 2. The highest BCUT2D eigenvalue weighted by molar-refractivity contribution is 9.10. The van der Waals surface area contributed by atoms with Crippen LogP contribution < -0.4 is 10.9 Å². The fourth-order valence-corrected chi connectivity index (χ4v) is 4.21. The zero-order chi connectivity index (χ0) is 22.0. The molecule has 0 radical (unpaired) electrons. The zero-order valence-corrected chi connectivity index (χ0v) is 18.7. The highest BCUT2D eigenvalue weighted by Crippen LogP contribution is 2.31. The first-order valence-corrected chi connectivity index (χ1v) is 11.0. The van der Waals surface area contributed by atoms with Crippen LogP contribution in [0.5, 0.6) is 0 Å². The maximum Gasteiger partial charge on any atom is 0.359 e. The van der Waals surface area contributed by atoms with Gasteiger partial charge in [0.1, 0.15) is 5.00 Å². The highest BCUT2D eigenvalue weighted by Gasteiger charge is 2.23. The predicted molar refractivity (Wildman–Crippen MR) is 123 cm³/mol. The number of anilines is 1. The van der Waals surface area contributed by atoms with Crippen molar-refractivity contribution in [3.05, 3.63) is 86.1 Å². The zero-order valence-electron chi connectivity index (χ0n) is 16.3. The fourth-order valence-electron chi connectivity index (χ4n) is 3.01. The van der Waals surface area contributed by atoms with Crippen LogP contribution >= 0.6 is 27.3 Å². The van der Waals surface area contributed by atoms with Crippen molar-refractivity contribution in [2.75, 3.05) is 11.9 Å². The number of aromatic nitrogens is 2. The van der Waals surface area contributed by atoms with Gasteiger partial charge in [-0.2, -0.15) is 9.78 Å². The van der Waals surface area contributed by atoms with E-state index in [2.05, 4.69) is 26.3 Å². The van der Waals surface area contributed by atoms with Crippen molar-refractivity contribution in [2.45, 2.75) is 6.92 Å². The molecule has 0 atom stereocenters. The molecule has 1 N–H and O–H groups in total. The summed E-state index contributed by atoms with van der Waals surface area (Å²) in [4.78, 5) is 38.6. The van der Waals surface area contributed by atoms with Gasteiger partial charge < -0.3 is 10.1 Å². The number of para-hydroxylation sites is 1. The topological polar surface area (TPSA) is 90.3 Å². The lowest BCUT2D eigenvalue weighted by Crippen LogP contribution is -2.25. The van der Waals surface area contributed by atoms with Gasteiger partial charge in [0.05, 0.1) is 17.7 Å². The van der Waals surface area contributed by atoms with Gasteiger partial charge in [-0.3, -0.25) is 9.59 Å². The molecule has 0 aliphatic rings. The molecule has 7 nitrogen and oxygen atoms in total. The monoisotopic (exact) mass is 497 g/mol. The molecule has 0 aliphatic carbocycles. The van der Waals surface area contributed by atoms with E-state index >= 15 is 0 Å². The van der Waals surface area contributed by atoms with Gasteiger partial charge >= 0.3 is 5.97 Å². The third-order valence-corrected chi connectivity index (χ3v) is 5.88. The van der Waals surface area contributed by atoms with Gasteiger partial charge in [0.15, 0.2) is 5.69 Å². The lowest BCUT2D eigenvalue weighted by atomic mass is 10.2. The third-order valence-electron chi connectivity index (χ3n) is 4.46. The van der Waals surface area contributed by atoms with Crippen LogP contribution in [0.3, 0.4) is 0 Å². The molecule has 2 heterocycles. The summed E-state index contributed by atoms with van der Waals surface area (Å²) < 4.78 is 7.13. The molecule has 4 aromatic rings. The van der Waals surface area contributed by atoms with Crippen molar-refractivity contribution in [3.8, 4) is 5.69 Å². The van der Waals surface area contributed by atoms with E-state index in [0.717, 1.165) is 20.5 Å². The number of fused-ring (bicyclic) bond motifs is 1. The molecule has 0 bridgehead atoms. The molecule has 0 saturated heterocycles. The van der Waals surface area contributed by atoms with Crippen molar-refractivity contribution in [1.82, 2.24) is 9.78 Å².